The molecular weight excluding hydrogens is 606 g/mol. The number of aliphatic carboxylic acids is 1. The number of esters is 1. The number of carbonyl (C=O) groups is 3. The van der Waals surface area contributed by atoms with Gasteiger partial charge in [-0.15, -0.1) is 0 Å². The molecule has 4 fully saturated rings. The molecule has 1 unspecified atom stereocenters. The Morgan fingerprint density at radius 1 is 0.896 bits per heavy atom. The van der Waals surface area contributed by atoms with E-state index in [4.69, 9.17) is 4.74 Å². The van der Waals surface area contributed by atoms with Gasteiger partial charge in [-0.25, -0.2) is 0 Å². The van der Waals surface area contributed by atoms with Gasteiger partial charge >= 0.3 is 11.9 Å². The van der Waals surface area contributed by atoms with Gasteiger partial charge in [0.05, 0.1) is 24.0 Å². The molecule has 8 heteroatoms. The molecule has 0 saturated heterocycles. The first-order valence-corrected chi connectivity index (χ1v) is 18.9. The number of Topliss-reactive ketones (excluding diaryl/α,β-unsaturated/α-hetero) is 1. The largest absolute Gasteiger partial charge is 0.481 e. The fourth-order valence-corrected chi connectivity index (χ4v) is 12.5. The molecule has 0 spiro atoms. The quantitative estimate of drug-likeness (QED) is 0.188. The summed E-state index contributed by atoms with van der Waals surface area (Å²) in [5.41, 5.74) is 0.369. The minimum atomic E-state index is -1.16. The van der Waals surface area contributed by atoms with Crippen molar-refractivity contribution >= 4 is 17.7 Å². The first-order chi connectivity index (χ1) is 22.1. The second-order valence-electron chi connectivity index (χ2n) is 19.1. The summed E-state index contributed by atoms with van der Waals surface area (Å²) in [5, 5.41) is 34.6. The van der Waals surface area contributed by atoms with Crippen molar-refractivity contribution in [1.29, 1.82) is 0 Å². The fraction of sp³-hybridized carbons (Fsp3) is 0.875. The molecule has 0 amide bonds. The molecule has 5 aliphatic carbocycles. The fourth-order valence-electron chi connectivity index (χ4n) is 12.5. The predicted octanol–water partition coefficient (Wildman–Crippen LogP) is 6.71. The van der Waals surface area contributed by atoms with Crippen LogP contribution in [-0.2, 0) is 19.1 Å². The molecule has 0 radical (unpaired) electrons. The highest BCUT2D eigenvalue weighted by Gasteiger charge is 2.70. The molecule has 8 nitrogen and oxygen atoms in total. The van der Waals surface area contributed by atoms with Crippen LogP contribution in [0.1, 0.15) is 133 Å². The summed E-state index contributed by atoms with van der Waals surface area (Å²) in [6.07, 6.45) is 6.54. The average Bonchev–Trinajstić information content (AvgIpc) is 3.27. The maximum absolute atomic E-state index is 13.8. The lowest BCUT2D eigenvalue weighted by molar-refractivity contribution is -0.235. The van der Waals surface area contributed by atoms with Crippen LogP contribution in [0.15, 0.2) is 11.1 Å². The maximum Gasteiger partial charge on any atom is 0.309 e. The summed E-state index contributed by atoms with van der Waals surface area (Å²) in [7, 11) is 0. The smallest absolute Gasteiger partial charge is 0.309 e. The van der Waals surface area contributed by atoms with Crippen LogP contribution in [0, 0.1) is 56.2 Å². The number of carboxylic acid groups (broad SMARTS) is 1. The van der Waals surface area contributed by atoms with E-state index in [9.17, 15) is 29.7 Å². The van der Waals surface area contributed by atoms with Crippen molar-refractivity contribution in [1.82, 2.24) is 5.32 Å². The molecule has 10 atom stereocenters. The van der Waals surface area contributed by atoms with E-state index in [1.165, 1.54) is 5.57 Å². The molecule has 0 heterocycles. The third-order valence-electron chi connectivity index (χ3n) is 15.3. The molecule has 48 heavy (non-hydrogen) atoms. The summed E-state index contributed by atoms with van der Waals surface area (Å²) in [6, 6.07) is 0. The Morgan fingerprint density at radius 3 is 2.17 bits per heavy atom. The Morgan fingerprint density at radius 2 is 1.56 bits per heavy atom. The molecule has 272 valence electrons. The number of aliphatic hydroxyl groups excluding tert-OH is 2. The zero-order chi connectivity index (χ0) is 35.8. The van der Waals surface area contributed by atoms with E-state index in [1.807, 2.05) is 0 Å². The van der Waals surface area contributed by atoms with Gasteiger partial charge in [0, 0.05) is 30.3 Å². The molecule has 0 aromatic carbocycles. The molecule has 5 rings (SSSR count). The molecule has 4 saturated carbocycles. The lowest BCUT2D eigenvalue weighted by Crippen LogP contribution is -2.66. The van der Waals surface area contributed by atoms with E-state index in [0.717, 1.165) is 56.9 Å². The van der Waals surface area contributed by atoms with Crippen molar-refractivity contribution in [2.75, 3.05) is 13.1 Å². The molecule has 5 aliphatic rings. The number of fused-ring (bicyclic) bond motifs is 7. The number of carbonyl (C=O) groups excluding carboxylic acids is 2. The number of ether oxygens (including phenoxy) is 1. The Hall–Kier alpha value is -1.77. The van der Waals surface area contributed by atoms with Crippen LogP contribution < -0.4 is 5.32 Å². The highest BCUT2D eigenvalue weighted by atomic mass is 16.5. The van der Waals surface area contributed by atoms with E-state index in [2.05, 4.69) is 53.8 Å². The van der Waals surface area contributed by atoms with E-state index in [0.29, 0.717) is 31.3 Å². The Bertz CT molecular complexity index is 1330. The van der Waals surface area contributed by atoms with Crippen LogP contribution in [0.25, 0.3) is 0 Å². The maximum atomic E-state index is 13.8. The monoisotopic (exact) mass is 671 g/mol. The van der Waals surface area contributed by atoms with Gasteiger partial charge in [-0.1, -0.05) is 54.0 Å². The first kappa shape index (κ1) is 37.5. The van der Waals surface area contributed by atoms with Crippen molar-refractivity contribution < 1.29 is 34.4 Å². The Balaban J connectivity index is 1.44. The summed E-state index contributed by atoms with van der Waals surface area (Å²) < 4.78 is 6.14. The molecule has 0 aromatic heterocycles. The third kappa shape index (κ3) is 5.62. The van der Waals surface area contributed by atoms with Gasteiger partial charge < -0.3 is 25.4 Å². The van der Waals surface area contributed by atoms with E-state index in [1.54, 1.807) is 20.8 Å². The highest BCUT2D eigenvalue weighted by Crippen LogP contribution is 2.77. The Kier molecular flexibility index (Phi) is 9.74. The van der Waals surface area contributed by atoms with E-state index >= 15 is 0 Å². The number of allylic oxidation sites excluding steroid dienone is 1. The molecule has 0 bridgehead atoms. The summed E-state index contributed by atoms with van der Waals surface area (Å²) >= 11 is 0. The average molecular weight is 672 g/mol. The highest BCUT2D eigenvalue weighted by molar-refractivity contribution is 6.00. The zero-order valence-corrected chi connectivity index (χ0v) is 31.5. The standard InChI is InChI=1S/C40H65NO7/c1-23(2)32-26(43)19-40(29(44)22-41-21-24(3)42)18-17-38(9)25(33(32)40)11-12-28-37(8)15-14-30(48-31(45)20-35(4,5)34(46)47)36(6,7)27(37)13-16-39(28,38)10/h23-25,27-30,41-42,44H,11-22H2,1-10H3,(H,46,47)/t24-,25+,27-,28+,29+,30-,37-,38+,39+,40?/m0/s1. The number of carboxylic acids is 1. The molecular formula is C40H65NO7. The minimum absolute atomic E-state index is 0.0177. The minimum Gasteiger partial charge on any atom is -0.481 e. The predicted molar refractivity (Wildman–Crippen MR) is 186 cm³/mol. The summed E-state index contributed by atoms with van der Waals surface area (Å²) in [5.74, 6) is -0.0114. The van der Waals surface area contributed by atoms with Crippen molar-refractivity contribution in [2.24, 2.45) is 56.2 Å². The number of hydrogen-bond donors (Lipinski definition) is 4. The van der Waals surface area contributed by atoms with Crippen LogP contribution in [0.4, 0.5) is 0 Å². The topological polar surface area (TPSA) is 133 Å². The number of hydrogen-bond acceptors (Lipinski definition) is 7. The zero-order valence-electron chi connectivity index (χ0n) is 31.5. The second kappa shape index (κ2) is 12.5. The van der Waals surface area contributed by atoms with Gasteiger partial charge in [0.1, 0.15) is 6.10 Å². The van der Waals surface area contributed by atoms with E-state index < -0.39 is 35.0 Å². The van der Waals surface area contributed by atoms with Crippen molar-refractivity contribution in [3.8, 4) is 0 Å². The molecule has 4 N–H and O–H groups in total. The molecule has 0 aromatic rings. The number of ketones is 1. The van der Waals surface area contributed by atoms with Crippen LogP contribution in [-0.4, -0.2) is 64.4 Å². The normalized spacial score (nSPS) is 40.4. The number of nitrogens with one attached hydrogen (secondary N) is 1. The van der Waals surface area contributed by atoms with Gasteiger partial charge in [-0.05, 0) is 118 Å². The van der Waals surface area contributed by atoms with Crippen LogP contribution in [0.5, 0.6) is 0 Å². The molecule has 0 aliphatic heterocycles. The van der Waals surface area contributed by atoms with Crippen LogP contribution in [0.2, 0.25) is 0 Å². The summed E-state index contributed by atoms with van der Waals surface area (Å²) in [6.45, 7) is 22.0. The second-order valence-corrected chi connectivity index (χ2v) is 19.1. The van der Waals surface area contributed by atoms with Crippen LogP contribution >= 0.6 is 0 Å². The van der Waals surface area contributed by atoms with Gasteiger partial charge in [0.15, 0.2) is 5.78 Å². The summed E-state index contributed by atoms with van der Waals surface area (Å²) in [4.78, 5) is 38.6. The number of rotatable bonds is 10. The van der Waals surface area contributed by atoms with Crippen LogP contribution in [0.3, 0.4) is 0 Å². The van der Waals surface area contributed by atoms with Crippen molar-refractivity contribution in [3.63, 3.8) is 0 Å². The van der Waals surface area contributed by atoms with E-state index in [-0.39, 0.29) is 51.8 Å². The van der Waals surface area contributed by atoms with Crippen molar-refractivity contribution in [3.05, 3.63) is 11.1 Å². The van der Waals surface area contributed by atoms with Crippen molar-refractivity contribution in [2.45, 2.75) is 152 Å². The van der Waals surface area contributed by atoms with Gasteiger partial charge in [-0.3, -0.25) is 14.4 Å². The van der Waals surface area contributed by atoms with Gasteiger partial charge in [-0.2, -0.15) is 0 Å². The first-order valence-electron chi connectivity index (χ1n) is 18.9. The van der Waals surface area contributed by atoms with Gasteiger partial charge in [0.2, 0.25) is 0 Å². The lowest BCUT2D eigenvalue weighted by Gasteiger charge is -2.72. The van der Waals surface area contributed by atoms with Gasteiger partial charge in [0.25, 0.3) is 0 Å². The Labute approximate surface area is 289 Å². The third-order valence-corrected chi connectivity index (χ3v) is 15.3. The SMILES string of the molecule is CC(C)C1=C2[C@H]3CC[C@@H]4[C@@]5(C)CC[C@H](OC(=O)CC(C)(C)C(=O)O)C(C)(C)[C@@H]5CC[C@@]4(C)[C@]3(C)CCC2([C@H](O)CNC[C@H](C)O)CC1=O. The lowest BCUT2D eigenvalue weighted by atomic mass is 9.33. The number of aliphatic hydroxyl groups is 2.